The van der Waals surface area contributed by atoms with Crippen LogP contribution in [0.2, 0.25) is 0 Å². The van der Waals surface area contributed by atoms with E-state index in [1.165, 1.54) is 22.3 Å². The topological polar surface area (TPSA) is 32.3 Å². The summed E-state index contributed by atoms with van der Waals surface area (Å²) >= 11 is 0. The number of hydrogen-bond donors (Lipinski definition) is 2. The van der Waals surface area contributed by atoms with Gasteiger partial charge in [0.05, 0.1) is 12.6 Å². The van der Waals surface area contributed by atoms with Crippen molar-refractivity contribution < 1.29 is 5.11 Å². The molecule has 2 nitrogen and oxygen atoms in total. The first kappa shape index (κ1) is 15.7. The number of aliphatic hydroxyl groups excluding tert-OH is 1. The first-order valence-corrected chi connectivity index (χ1v) is 7.52. The van der Waals surface area contributed by atoms with E-state index >= 15 is 0 Å². The SMILES string of the molecule is Cc1cc(C)c(C(C)N[C@H](CO)c2ccccc2)c(C)c1. The highest BCUT2D eigenvalue weighted by Gasteiger charge is 2.17. The molecule has 2 aromatic rings. The summed E-state index contributed by atoms with van der Waals surface area (Å²) in [6, 6.07) is 14.7. The van der Waals surface area contributed by atoms with Gasteiger partial charge < -0.3 is 10.4 Å². The van der Waals surface area contributed by atoms with Crippen LogP contribution in [0.15, 0.2) is 42.5 Å². The van der Waals surface area contributed by atoms with Crippen LogP contribution in [-0.4, -0.2) is 11.7 Å². The Balaban J connectivity index is 2.23. The molecule has 2 rings (SSSR count). The number of nitrogens with one attached hydrogen (secondary N) is 1. The number of benzene rings is 2. The summed E-state index contributed by atoms with van der Waals surface area (Å²) in [7, 11) is 0. The zero-order valence-corrected chi connectivity index (χ0v) is 13.4. The molecule has 2 aromatic carbocycles. The molecule has 2 atom stereocenters. The summed E-state index contributed by atoms with van der Waals surface area (Å²) in [6.07, 6.45) is 0. The van der Waals surface area contributed by atoms with E-state index in [0.29, 0.717) is 0 Å². The van der Waals surface area contributed by atoms with E-state index in [2.05, 4.69) is 57.3 Å². The molecule has 0 saturated heterocycles. The monoisotopic (exact) mass is 283 g/mol. The van der Waals surface area contributed by atoms with Crippen molar-refractivity contribution in [3.63, 3.8) is 0 Å². The average molecular weight is 283 g/mol. The molecule has 0 aliphatic carbocycles. The normalized spacial score (nSPS) is 14.0. The Bertz CT molecular complexity index is 569. The molecular weight excluding hydrogens is 258 g/mol. The second-order valence-corrected chi connectivity index (χ2v) is 5.85. The smallest absolute Gasteiger partial charge is 0.0626 e. The van der Waals surface area contributed by atoms with Crippen LogP contribution in [0.4, 0.5) is 0 Å². The number of aryl methyl sites for hydroxylation is 3. The molecule has 1 unspecified atom stereocenters. The molecule has 0 radical (unpaired) electrons. The second kappa shape index (κ2) is 6.88. The van der Waals surface area contributed by atoms with Crippen LogP contribution in [0.25, 0.3) is 0 Å². The largest absolute Gasteiger partial charge is 0.394 e. The fraction of sp³-hybridized carbons (Fsp3) is 0.368. The van der Waals surface area contributed by atoms with E-state index in [0.717, 1.165) is 5.56 Å². The van der Waals surface area contributed by atoms with Gasteiger partial charge in [-0.25, -0.2) is 0 Å². The molecule has 0 aromatic heterocycles. The highest BCUT2D eigenvalue weighted by molar-refractivity contribution is 5.39. The fourth-order valence-corrected chi connectivity index (χ4v) is 3.20. The molecule has 0 heterocycles. The molecular formula is C19H25NO. The lowest BCUT2D eigenvalue weighted by Crippen LogP contribution is -2.28. The lowest BCUT2D eigenvalue weighted by atomic mass is 9.94. The van der Waals surface area contributed by atoms with Gasteiger partial charge in [0.15, 0.2) is 0 Å². The third kappa shape index (κ3) is 3.72. The highest BCUT2D eigenvalue weighted by Crippen LogP contribution is 2.26. The van der Waals surface area contributed by atoms with Crippen molar-refractivity contribution in [1.29, 1.82) is 0 Å². The Labute approximate surface area is 127 Å². The first-order valence-electron chi connectivity index (χ1n) is 7.52. The fourth-order valence-electron chi connectivity index (χ4n) is 3.20. The van der Waals surface area contributed by atoms with Gasteiger partial charge in [0.1, 0.15) is 0 Å². The lowest BCUT2D eigenvalue weighted by molar-refractivity contribution is 0.235. The molecule has 0 bridgehead atoms. The van der Waals surface area contributed by atoms with Gasteiger partial charge in [0, 0.05) is 6.04 Å². The predicted molar refractivity (Wildman–Crippen MR) is 88.5 cm³/mol. The standard InChI is InChI=1S/C19H25NO/c1-13-10-14(2)19(15(3)11-13)16(4)20-18(12-21)17-8-6-5-7-9-17/h5-11,16,18,20-21H,12H2,1-4H3/t16?,18-/m1/s1. The van der Waals surface area contributed by atoms with Crippen molar-refractivity contribution in [2.75, 3.05) is 6.61 Å². The summed E-state index contributed by atoms with van der Waals surface area (Å²) < 4.78 is 0. The summed E-state index contributed by atoms with van der Waals surface area (Å²) in [5.41, 5.74) is 6.35. The van der Waals surface area contributed by atoms with Gasteiger partial charge in [-0.3, -0.25) is 0 Å². The lowest BCUT2D eigenvalue weighted by Gasteiger charge is -2.25. The van der Waals surface area contributed by atoms with Crippen molar-refractivity contribution in [2.45, 2.75) is 39.8 Å². The van der Waals surface area contributed by atoms with Gasteiger partial charge in [-0.1, -0.05) is 48.0 Å². The van der Waals surface area contributed by atoms with Gasteiger partial charge in [-0.2, -0.15) is 0 Å². The third-order valence-electron chi connectivity index (χ3n) is 4.01. The van der Waals surface area contributed by atoms with Crippen LogP contribution in [0.3, 0.4) is 0 Å². The molecule has 0 fully saturated rings. The molecule has 21 heavy (non-hydrogen) atoms. The van der Waals surface area contributed by atoms with Crippen molar-refractivity contribution >= 4 is 0 Å². The molecule has 0 aliphatic rings. The van der Waals surface area contributed by atoms with E-state index in [4.69, 9.17) is 0 Å². The zero-order chi connectivity index (χ0) is 15.4. The van der Waals surface area contributed by atoms with E-state index in [1.807, 2.05) is 18.2 Å². The molecule has 0 spiro atoms. The van der Waals surface area contributed by atoms with Crippen LogP contribution in [0, 0.1) is 20.8 Å². The van der Waals surface area contributed by atoms with E-state index in [9.17, 15) is 5.11 Å². The molecule has 2 N–H and O–H groups in total. The van der Waals surface area contributed by atoms with Crippen LogP contribution < -0.4 is 5.32 Å². The molecule has 0 saturated carbocycles. The highest BCUT2D eigenvalue weighted by atomic mass is 16.3. The van der Waals surface area contributed by atoms with Gasteiger partial charge in [0.25, 0.3) is 0 Å². The minimum Gasteiger partial charge on any atom is -0.394 e. The van der Waals surface area contributed by atoms with Crippen LogP contribution in [-0.2, 0) is 0 Å². The first-order chi connectivity index (χ1) is 10.0. The van der Waals surface area contributed by atoms with Gasteiger partial charge in [-0.05, 0) is 49.9 Å². The number of hydrogen-bond acceptors (Lipinski definition) is 2. The molecule has 2 heteroatoms. The maximum absolute atomic E-state index is 9.70. The molecule has 0 aliphatic heterocycles. The number of rotatable bonds is 5. The third-order valence-corrected chi connectivity index (χ3v) is 4.01. The summed E-state index contributed by atoms with van der Waals surface area (Å²) in [5, 5.41) is 13.2. The Kier molecular flexibility index (Phi) is 5.16. The summed E-state index contributed by atoms with van der Waals surface area (Å²) in [5.74, 6) is 0. The summed E-state index contributed by atoms with van der Waals surface area (Å²) in [6.45, 7) is 8.70. The van der Waals surface area contributed by atoms with Crippen LogP contribution in [0.1, 0.15) is 46.8 Å². The minimum absolute atomic E-state index is 0.0405. The maximum atomic E-state index is 9.70. The average Bonchev–Trinajstić information content (AvgIpc) is 2.44. The zero-order valence-electron chi connectivity index (χ0n) is 13.4. The van der Waals surface area contributed by atoms with E-state index in [1.54, 1.807) is 0 Å². The second-order valence-electron chi connectivity index (χ2n) is 5.85. The summed E-state index contributed by atoms with van der Waals surface area (Å²) in [4.78, 5) is 0. The quantitative estimate of drug-likeness (QED) is 0.869. The van der Waals surface area contributed by atoms with Crippen molar-refractivity contribution in [1.82, 2.24) is 5.32 Å². The molecule has 0 amide bonds. The Morgan fingerprint density at radius 1 is 1.00 bits per heavy atom. The van der Waals surface area contributed by atoms with Crippen LogP contribution >= 0.6 is 0 Å². The van der Waals surface area contributed by atoms with E-state index < -0.39 is 0 Å². The molecule has 112 valence electrons. The van der Waals surface area contributed by atoms with Crippen molar-refractivity contribution in [3.05, 3.63) is 70.3 Å². The minimum atomic E-state index is -0.0405. The van der Waals surface area contributed by atoms with Gasteiger partial charge >= 0.3 is 0 Å². The van der Waals surface area contributed by atoms with Crippen molar-refractivity contribution in [3.8, 4) is 0 Å². The maximum Gasteiger partial charge on any atom is 0.0626 e. The van der Waals surface area contributed by atoms with E-state index in [-0.39, 0.29) is 18.7 Å². The predicted octanol–water partition coefficient (Wildman–Crippen LogP) is 4.00. The Morgan fingerprint density at radius 3 is 2.10 bits per heavy atom. The van der Waals surface area contributed by atoms with Crippen molar-refractivity contribution in [2.24, 2.45) is 0 Å². The van der Waals surface area contributed by atoms with Gasteiger partial charge in [0.2, 0.25) is 0 Å². The Morgan fingerprint density at radius 2 is 1.57 bits per heavy atom. The van der Waals surface area contributed by atoms with Gasteiger partial charge in [-0.15, -0.1) is 0 Å². The van der Waals surface area contributed by atoms with Crippen LogP contribution in [0.5, 0.6) is 0 Å². The Hall–Kier alpha value is -1.64. The number of aliphatic hydroxyl groups is 1.